The number of allylic oxidation sites excluding steroid dienone is 1. The molecule has 0 aliphatic carbocycles. The summed E-state index contributed by atoms with van der Waals surface area (Å²) in [6, 6.07) is 14.3. The quantitative estimate of drug-likeness (QED) is 0.279. The number of rotatable bonds is 6. The highest BCUT2D eigenvalue weighted by molar-refractivity contribution is 5.99. The summed E-state index contributed by atoms with van der Waals surface area (Å²) in [5, 5.41) is 9.90. The van der Waals surface area contributed by atoms with Gasteiger partial charge in [0.25, 0.3) is 5.56 Å². The topological polar surface area (TPSA) is 127 Å². The number of carbonyl (C=O) groups excluding carboxylic acids is 1. The molecule has 10 nitrogen and oxygen atoms in total. The minimum absolute atomic E-state index is 0.0972. The van der Waals surface area contributed by atoms with Gasteiger partial charge in [-0.2, -0.15) is 5.10 Å². The van der Waals surface area contributed by atoms with Gasteiger partial charge >= 0.3 is 6.03 Å². The molecule has 3 heterocycles. The average Bonchev–Trinajstić information content (AvgIpc) is 3.30. The summed E-state index contributed by atoms with van der Waals surface area (Å²) >= 11 is 0. The number of hydrogen-bond donors (Lipinski definition) is 3. The van der Waals surface area contributed by atoms with Crippen molar-refractivity contribution in [1.29, 1.82) is 0 Å². The summed E-state index contributed by atoms with van der Waals surface area (Å²) in [5.74, 6) is -0.187. The number of nitrogens with one attached hydrogen (secondary N) is 3. The van der Waals surface area contributed by atoms with Crippen molar-refractivity contribution in [2.75, 3.05) is 10.6 Å². The second kappa shape index (κ2) is 9.97. The van der Waals surface area contributed by atoms with Crippen molar-refractivity contribution in [2.45, 2.75) is 13.8 Å². The molecule has 0 saturated heterocycles. The zero-order valence-electron chi connectivity index (χ0n) is 20.4. The molecule has 0 spiro atoms. The molecule has 0 saturated carbocycles. The van der Waals surface area contributed by atoms with Crippen LogP contribution < -0.4 is 20.9 Å². The van der Waals surface area contributed by atoms with E-state index in [1.54, 1.807) is 10.7 Å². The van der Waals surface area contributed by atoms with Crippen LogP contribution in [0.4, 0.5) is 20.7 Å². The lowest BCUT2D eigenvalue weighted by molar-refractivity contribution is 0.262. The largest absolute Gasteiger partial charge is 0.452 e. The number of aromatic amines is 1. The molecule has 38 heavy (non-hydrogen) atoms. The van der Waals surface area contributed by atoms with E-state index in [1.807, 2.05) is 38.1 Å². The van der Waals surface area contributed by atoms with Crippen molar-refractivity contribution in [1.82, 2.24) is 24.7 Å². The number of pyridine rings is 1. The Hall–Kier alpha value is -5.32. The van der Waals surface area contributed by atoms with E-state index in [9.17, 15) is 14.0 Å². The summed E-state index contributed by atoms with van der Waals surface area (Å²) in [4.78, 5) is 34.8. The monoisotopic (exact) mass is 511 g/mol. The zero-order valence-corrected chi connectivity index (χ0v) is 20.4. The normalized spacial score (nSPS) is 10.8. The van der Waals surface area contributed by atoms with Crippen molar-refractivity contribution >= 4 is 34.3 Å². The number of fused-ring (bicyclic) bond motifs is 1. The first-order valence-electron chi connectivity index (χ1n) is 11.5. The van der Waals surface area contributed by atoms with Gasteiger partial charge in [-0.3, -0.25) is 10.1 Å². The second-order valence-electron chi connectivity index (χ2n) is 8.52. The predicted molar refractivity (Wildman–Crippen MR) is 142 cm³/mol. The van der Waals surface area contributed by atoms with Gasteiger partial charge < -0.3 is 15.0 Å². The summed E-state index contributed by atoms with van der Waals surface area (Å²) in [7, 11) is 0. The number of ether oxygens (including phenoxy) is 1. The summed E-state index contributed by atoms with van der Waals surface area (Å²) in [6.07, 6.45) is 2.50. The van der Waals surface area contributed by atoms with Gasteiger partial charge in [-0.15, -0.1) is 0 Å². The molecule has 0 bridgehead atoms. The number of halogens is 1. The maximum absolute atomic E-state index is 14.9. The first kappa shape index (κ1) is 24.4. The van der Waals surface area contributed by atoms with E-state index < -0.39 is 17.4 Å². The van der Waals surface area contributed by atoms with Gasteiger partial charge in [0.2, 0.25) is 0 Å². The van der Waals surface area contributed by atoms with E-state index in [1.165, 1.54) is 24.4 Å². The first-order valence-corrected chi connectivity index (χ1v) is 11.5. The molecule has 3 aromatic heterocycles. The highest BCUT2D eigenvalue weighted by Crippen LogP contribution is 2.30. The number of hydrogen-bond acceptors (Lipinski definition) is 6. The average molecular weight is 512 g/mol. The first-order chi connectivity index (χ1) is 18.3. The van der Waals surface area contributed by atoms with Crippen molar-refractivity contribution in [2.24, 2.45) is 0 Å². The zero-order chi connectivity index (χ0) is 26.8. The van der Waals surface area contributed by atoms with Crippen LogP contribution in [0.2, 0.25) is 0 Å². The molecule has 2 aromatic carbocycles. The van der Waals surface area contributed by atoms with Gasteiger partial charge in [-0.1, -0.05) is 24.3 Å². The number of nitrogens with zero attached hydrogens (tertiary/aromatic N) is 4. The van der Waals surface area contributed by atoms with E-state index in [4.69, 9.17) is 4.74 Å². The Morgan fingerprint density at radius 1 is 1.05 bits per heavy atom. The van der Waals surface area contributed by atoms with Gasteiger partial charge in [0.15, 0.2) is 23.0 Å². The molecule has 0 fully saturated rings. The van der Waals surface area contributed by atoms with Crippen molar-refractivity contribution in [3.05, 3.63) is 101 Å². The lowest BCUT2D eigenvalue weighted by Crippen LogP contribution is -2.21. The molecule has 0 unspecified atom stereocenters. The number of benzene rings is 2. The Bertz CT molecular complexity index is 1740. The molecule has 0 radical (unpaired) electrons. The Balaban J connectivity index is 1.33. The van der Waals surface area contributed by atoms with Gasteiger partial charge in [0, 0.05) is 30.1 Å². The SMILES string of the molecule is C=C(C)c1cc(NC(=O)Nc2ccc(Oc3ccnc4[nH]c(=O)cnc34)c(F)c2)n(-c2ccc(C)cc2)n1. The van der Waals surface area contributed by atoms with Crippen LogP contribution in [-0.2, 0) is 0 Å². The highest BCUT2D eigenvalue weighted by Gasteiger charge is 2.15. The molecule has 0 aliphatic heterocycles. The molecular formula is C27H22FN7O3. The van der Waals surface area contributed by atoms with Crippen molar-refractivity contribution in [3.8, 4) is 17.2 Å². The molecule has 2 amide bonds. The minimum Gasteiger partial charge on any atom is -0.452 e. The standard InChI is InChI=1S/C27H22FN7O3/c1-15(2)20-13-23(35(34-20)18-7-4-16(3)5-8-18)32-27(37)31-17-6-9-21(19(28)12-17)38-22-10-11-29-26-25(22)30-14-24(36)33-26/h4-14H,1H2,2-3H3,(H,29,33,36)(H2,31,32,37). The molecule has 11 heteroatoms. The maximum Gasteiger partial charge on any atom is 0.324 e. The van der Waals surface area contributed by atoms with Crippen LogP contribution in [0.15, 0.2) is 78.4 Å². The van der Waals surface area contributed by atoms with Gasteiger partial charge in [0.1, 0.15) is 11.3 Å². The van der Waals surface area contributed by atoms with Crippen molar-refractivity contribution in [3.63, 3.8) is 0 Å². The third-order valence-corrected chi connectivity index (χ3v) is 5.52. The number of urea groups is 1. The van der Waals surface area contributed by atoms with Crippen LogP contribution in [0, 0.1) is 12.7 Å². The highest BCUT2D eigenvalue weighted by atomic mass is 19.1. The van der Waals surface area contributed by atoms with Crippen LogP contribution in [0.25, 0.3) is 22.4 Å². The van der Waals surface area contributed by atoms with Crippen LogP contribution in [0.1, 0.15) is 18.2 Å². The summed E-state index contributed by atoms with van der Waals surface area (Å²) in [6.45, 7) is 7.72. The third kappa shape index (κ3) is 5.12. The fourth-order valence-electron chi connectivity index (χ4n) is 3.63. The third-order valence-electron chi connectivity index (χ3n) is 5.52. The Kier molecular flexibility index (Phi) is 6.40. The Morgan fingerprint density at radius 2 is 1.84 bits per heavy atom. The lowest BCUT2D eigenvalue weighted by atomic mass is 10.2. The number of aryl methyl sites for hydroxylation is 1. The molecule has 0 aliphatic rings. The van der Waals surface area contributed by atoms with Gasteiger partial charge in [-0.25, -0.2) is 23.8 Å². The van der Waals surface area contributed by atoms with Gasteiger partial charge in [-0.05, 0) is 43.7 Å². The number of aromatic nitrogens is 5. The van der Waals surface area contributed by atoms with E-state index >= 15 is 0 Å². The van der Waals surface area contributed by atoms with Crippen LogP contribution in [0.3, 0.4) is 0 Å². The lowest BCUT2D eigenvalue weighted by Gasteiger charge is -2.12. The van der Waals surface area contributed by atoms with E-state index in [-0.39, 0.29) is 28.4 Å². The van der Waals surface area contributed by atoms with E-state index in [0.717, 1.165) is 29.1 Å². The Morgan fingerprint density at radius 3 is 2.58 bits per heavy atom. The van der Waals surface area contributed by atoms with Gasteiger partial charge in [0.05, 0.1) is 17.6 Å². The van der Waals surface area contributed by atoms with Crippen LogP contribution in [-0.4, -0.2) is 30.8 Å². The maximum atomic E-state index is 14.9. The van der Waals surface area contributed by atoms with E-state index in [0.29, 0.717) is 11.5 Å². The molecular weight excluding hydrogens is 489 g/mol. The summed E-state index contributed by atoms with van der Waals surface area (Å²) in [5.41, 5.74) is 3.48. The number of carbonyl (C=O) groups is 1. The molecule has 5 rings (SSSR count). The van der Waals surface area contributed by atoms with Crippen molar-refractivity contribution < 1.29 is 13.9 Å². The summed E-state index contributed by atoms with van der Waals surface area (Å²) < 4.78 is 22.1. The van der Waals surface area contributed by atoms with Crippen LogP contribution >= 0.6 is 0 Å². The van der Waals surface area contributed by atoms with E-state index in [2.05, 4.69) is 37.3 Å². The Labute approximate surface area is 215 Å². The number of anilines is 2. The molecule has 190 valence electrons. The molecule has 3 N–H and O–H groups in total. The number of amides is 2. The molecule has 5 aromatic rings. The molecule has 0 atom stereocenters. The fraction of sp³-hybridized carbons (Fsp3) is 0.0741. The fourth-order valence-corrected chi connectivity index (χ4v) is 3.63. The predicted octanol–water partition coefficient (Wildman–Crippen LogP) is 5.42. The van der Waals surface area contributed by atoms with Crippen LogP contribution in [0.5, 0.6) is 11.5 Å². The minimum atomic E-state index is -0.716. The number of H-pyrrole nitrogens is 1. The smallest absolute Gasteiger partial charge is 0.324 e. The second-order valence-corrected chi connectivity index (χ2v) is 8.52.